The second-order valence-corrected chi connectivity index (χ2v) is 7.25. The van der Waals surface area contributed by atoms with Crippen LogP contribution in [0, 0.1) is 5.82 Å². The number of pyridine rings is 1. The molecule has 0 radical (unpaired) electrons. The second-order valence-electron chi connectivity index (χ2n) is 7.25. The number of rotatable bonds is 7. The normalized spacial score (nSPS) is 10.9. The van der Waals surface area contributed by atoms with Crippen LogP contribution < -0.4 is 15.6 Å². The molecule has 1 amide bonds. The fraction of sp³-hybridized carbons (Fsp3) is 0.167. The number of hydrogen-bond acceptors (Lipinski definition) is 3. The van der Waals surface area contributed by atoms with Crippen molar-refractivity contribution in [2.75, 3.05) is 7.11 Å². The Labute approximate surface area is 178 Å². The van der Waals surface area contributed by atoms with Crippen molar-refractivity contribution in [3.63, 3.8) is 0 Å². The minimum absolute atomic E-state index is 0.0872. The maximum absolute atomic E-state index is 13.5. The number of nitrogens with zero attached hydrogens (tertiary/aromatic N) is 2. The van der Waals surface area contributed by atoms with E-state index in [1.54, 1.807) is 36.2 Å². The van der Waals surface area contributed by atoms with Crippen molar-refractivity contribution >= 4 is 16.8 Å². The number of methoxy groups -OCH3 is 1. The molecule has 4 aromatic rings. The topological polar surface area (TPSA) is 65.3 Å². The summed E-state index contributed by atoms with van der Waals surface area (Å²) in [6.07, 6.45) is 3.41. The molecule has 0 atom stereocenters. The second kappa shape index (κ2) is 8.87. The number of carbonyl (C=O) groups is 1. The minimum atomic E-state index is -0.320. The number of nitrogens with one attached hydrogen (secondary N) is 1. The first-order chi connectivity index (χ1) is 15.0. The van der Waals surface area contributed by atoms with E-state index in [0.717, 1.165) is 22.3 Å². The third kappa shape index (κ3) is 4.66. The number of benzene rings is 2. The number of halogens is 1. The molecule has 6 nitrogen and oxygen atoms in total. The van der Waals surface area contributed by atoms with E-state index in [2.05, 4.69) is 5.32 Å². The lowest BCUT2D eigenvalue weighted by molar-refractivity contribution is -0.121. The Hall–Kier alpha value is -3.87. The number of amides is 1. The Bertz CT molecular complexity index is 1280. The molecule has 7 heteroatoms. The zero-order valence-electron chi connectivity index (χ0n) is 17.0. The van der Waals surface area contributed by atoms with E-state index in [4.69, 9.17) is 4.74 Å². The van der Waals surface area contributed by atoms with E-state index in [0.29, 0.717) is 18.6 Å². The third-order valence-corrected chi connectivity index (χ3v) is 5.10. The van der Waals surface area contributed by atoms with Crippen molar-refractivity contribution in [3.8, 4) is 5.75 Å². The molecular weight excluding hydrogens is 397 g/mol. The molecule has 2 heterocycles. The average molecular weight is 419 g/mol. The molecule has 158 valence electrons. The molecule has 0 aliphatic carbocycles. The summed E-state index contributed by atoms with van der Waals surface area (Å²) >= 11 is 0. The van der Waals surface area contributed by atoms with Gasteiger partial charge >= 0.3 is 0 Å². The first kappa shape index (κ1) is 20.4. The predicted molar refractivity (Wildman–Crippen MR) is 117 cm³/mol. The maximum Gasteiger partial charge on any atom is 0.275 e. The fourth-order valence-corrected chi connectivity index (χ4v) is 3.49. The highest BCUT2D eigenvalue weighted by Gasteiger charge is 2.11. The van der Waals surface area contributed by atoms with Gasteiger partial charge in [0.25, 0.3) is 5.56 Å². The van der Waals surface area contributed by atoms with E-state index in [-0.39, 0.29) is 23.8 Å². The lowest BCUT2D eigenvalue weighted by Crippen LogP contribution is -2.32. The van der Waals surface area contributed by atoms with Crippen LogP contribution in [-0.4, -0.2) is 22.2 Å². The Morgan fingerprint density at radius 2 is 1.74 bits per heavy atom. The van der Waals surface area contributed by atoms with Gasteiger partial charge in [-0.05, 0) is 47.5 Å². The maximum atomic E-state index is 13.5. The molecule has 0 aliphatic heterocycles. The van der Waals surface area contributed by atoms with Crippen LogP contribution in [0.25, 0.3) is 10.9 Å². The van der Waals surface area contributed by atoms with E-state index in [9.17, 15) is 14.0 Å². The first-order valence-corrected chi connectivity index (χ1v) is 9.86. The van der Waals surface area contributed by atoms with Crippen molar-refractivity contribution in [1.82, 2.24) is 14.5 Å². The van der Waals surface area contributed by atoms with E-state index < -0.39 is 0 Å². The van der Waals surface area contributed by atoms with Gasteiger partial charge in [0, 0.05) is 30.9 Å². The van der Waals surface area contributed by atoms with Crippen LogP contribution >= 0.6 is 0 Å². The summed E-state index contributed by atoms with van der Waals surface area (Å²) in [6, 6.07) is 17.3. The molecule has 0 saturated heterocycles. The molecule has 0 bridgehead atoms. The summed E-state index contributed by atoms with van der Waals surface area (Å²) < 4.78 is 21.8. The lowest BCUT2D eigenvalue weighted by atomic mass is 10.2. The van der Waals surface area contributed by atoms with Gasteiger partial charge in [0.15, 0.2) is 0 Å². The summed E-state index contributed by atoms with van der Waals surface area (Å²) in [5.41, 5.74) is 1.90. The molecule has 0 fully saturated rings. The van der Waals surface area contributed by atoms with E-state index >= 15 is 0 Å². The molecule has 2 aromatic carbocycles. The number of aromatic nitrogens is 2. The minimum Gasteiger partial charge on any atom is -0.497 e. The molecule has 2 aromatic heterocycles. The van der Waals surface area contributed by atoms with Crippen LogP contribution in [0.4, 0.5) is 4.39 Å². The summed E-state index contributed by atoms with van der Waals surface area (Å²) in [4.78, 5) is 25.4. The van der Waals surface area contributed by atoms with Gasteiger partial charge in [-0.1, -0.05) is 24.3 Å². The van der Waals surface area contributed by atoms with Crippen LogP contribution in [0.5, 0.6) is 5.75 Å². The SMILES string of the molecule is COc1ccc(CNC(=O)Cn2ccc3ccn(Cc4cccc(F)c4)c3c2=O)cc1. The Balaban J connectivity index is 1.49. The monoisotopic (exact) mass is 419 g/mol. The standard InChI is InChI=1S/C24H22FN3O3/c1-31-21-7-5-17(6-8-21)14-26-22(29)16-28-12-10-19-9-11-27(23(19)24(28)30)15-18-3-2-4-20(25)13-18/h2-13H,14-16H2,1H3,(H,26,29). The fourth-order valence-electron chi connectivity index (χ4n) is 3.49. The largest absolute Gasteiger partial charge is 0.497 e. The van der Waals surface area contributed by atoms with Crippen molar-refractivity contribution in [2.45, 2.75) is 19.6 Å². The zero-order chi connectivity index (χ0) is 21.8. The van der Waals surface area contributed by atoms with E-state index in [1.165, 1.54) is 16.7 Å². The van der Waals surface area contributed by atoms with Gasteiger partial charge in [-0.15, -0.1) is 0 Å². The van der Waals surface area contributed by atoms with Crippen LogP contribution in [0.2, 0.25) is 0 Å². The number of hydrogen-bond donors (Lipinski definition) is 1. The van der Waals surface area contributed by atoms with Crippen molar-refractivity contribution in [1.29, 1.82) is 0 Å². The van der Waals surface area contributed by atoms with Gasteiger partial charge in [-0.2, -0.15) is 0 Å². The van der Waals surface area contributed by atoms with Gasteiger partial charge in [0.2, 0.25) is 5.91 Å². The molecule has 0 spiro atoms. The van der Waals surface area contributed by atoms with Gasteiger partial charge in [-0.3, -0.25) is 9.59 Å². The quantitative estimate of drug-likeness (QED) is 0.500. The highest BCUT2D eigenvalue weighted by Crippen LogP contribution is 2.15. The Morgan fingerprint density at radius 3 is 2.45 bits per heavy atom. The average Bonchev–Trinajstić information content (AvgIpc) is 3.18. The number of ether oxygens (including phenoxy) is 1. The summed E-state index contributed by atoms with van der Waals surface area (Å²) in [5.74, 6) is 0.164. The van der Waals surface area contributed by atoms with E-state index in [1.807, 2.05) is 36.4 Å². The number of fused-ring (bicyclic) bond motifs is 1. The van der Waals surface area contributed by atoms with Gasteiger partial charge in [-0.25, -0.2) is 4.39 Å². The zero-order valence-corrected chi connectivity index (χ0v) is 17.0. The molecular formula is C24H22FN3O3. The van der Waals surface area contributed by atoms with Crippen molar-refractivity contribution < 1.29 is 13.9 Å². The van der Waals surface area contributed by atoms with Crippen LogP contribution in [0.15, 0.2) is 77.9 Å². The smallest absolute Gasteiger partial charge is 0.275 e. The highest BCUT2D eigenvalue weighted by molar-refractivity contribution is 5.80. The molecule has 0 unspecified atom stereocenters. The first-order valence-electron chi connectivity index (χ1n) is 9.86. The van der Waals surface area contributed by atoms with Gasteiger partial charge in [0.05, 0.1) is 7.11 Å². The number of carbonyl (C=O) groups excluding carboxylic acids is 1. The van der Waals surface area contributed by atoms with Gasteiger partial charge < -0.3 is 19.2 Å². The van der Waals surface area contributed by atoms with Crippen LogP contribution in [-0.2, 0) is 24.4 Å². The predicted octanol–water partition coefficient (Wildman–Crippen LogP) is 3.32. The Kier molecular flexibility index (Phi) is 5.84. The third-order valence-electron chi connectivity index (χ3n) is 5.10. The highest BCUT2D eigenvalue weighted by atomic mass is 19.1. The van der Waals surface area contributed by atoms with Crippen molar-refractivity contribution in [3.05, 3.63) is 100 Å². The Morgan fingerprint density at radius 1 is 1.00 bits per heavy atom. The summed E-state index contributed by atoms with van der Waals surface area (Å²) in [6.45, 7) is 0.635. The summed E-state index contributed by atoms with van der Waals surface area (Å²) in [7, 11) is 1.60. The molecule has 0 saturated carbocycles. The van der Waals surface area contributed by atoms with Crippen LogP contribution in [0.3, 0.4) is 0 Å². The van der Waals surface area contributed by atoms with Crippen LogP contribution in [0.1, 0.15) is 11.1 Å². The lowest BCUT2D eigenvalue weighted by Gasteiger charge is -2.10. The molecule has 0 aliphatic rings. The summed E-state index contributed by atoms with van der Waals surface area (Å²) in [5, 5.41) is 3.60. The molecule has 1 N–H and O–H groups in total. The molecule has 4 rings (SSSR count). The molecule has 31 heavy (non-hydrogen) atoms. The van der Waals surface area contributed by atoms with Gasteiger partial charge in [0.1, 0.15) is 23.6 Å². The van der Waals surface area contributed by atoms with Crippen molar-refractivity contribution in [2.24, 2.45) is 0 Å².